The maximum atomic E-state index is 13.6. The van der Waals surface area contributed by atoms with Crippen molar-refractivity contribution in [1.82, 2.24) is 25.5 Å². The zero-order valence-electron chi connectivity index (χ0n) is 21.7. The van der Waals surface area contributed by atoms with Crippen LogP contribution in [0.1, 0.15) is 49.2 Å². The predicted molar refractivity (Wildman–Crippen MR) is 137 cm³/mol. The van der Waals surface area contributed by atoms with Gasteiger partial charge in [-0.05, 0) is 37.8 Å². The zero-order chi connectivity index (χ0) is 27.2. The van der Waals surface area contributed by atoms with Crippen LogP contribution in [0, 0.1) is 5.92 Å². The number of benzene rings is 1. The molecule has 0 spiro atoms. The van der Waals surface area contributed by atoms with Crippen LogP contribution >= 0.6 is 0 Å². The first-order valence-electron chi connectivity index (χ1n) is 12.8. The van der Waals surface area contributed by atoms with Gasteiger partial charge in [-0.3, -0.25) is 29.1 Å². The fraction of sp³-hybridized carbons (Fsp3) is 0.462. The summed E-state index contributed by atoms with van der Waals surface area (Å²) in [4.78, 5) is 61.8. The van der Waals surface area contributed by atoms with Crippen molar-refractivity contribution in [2.45, 2.75) is 63.6 Å². The highest BCUT2D eigenvalue weighted by atomic mass is 16.6. The number of aromatic nitrogens is 2. The fourth-order valence-electron chi connectivity index (χ4n) is 4.82. The van der Waals surface area contributed by atoms with Gasteiger partial charge in [0.2, 0.25) is 5.91 Å². The molecule has 3 heterocycles. The number of likely N-dealkylation sites (N-methyl/N-ethyl adjacent to an activating group) is 1. The summed E-state index contributed by atoms with van der Waals surface area (Å²) >= 11 is 0. The molecule has 1 aromatic carbocycles. The topological polar surface area (TPSA) is 140 Å². The SMILES string of the molecule is CC(C)C[C@H](NC(=O)C(Cc1ccccc1)NC(=O)c1cnccn1)B1OC(=O)[C@H]2CC[C@H](C(=O)O1)N2C. The number of nitrogens with zero attached hydrogens (tertiary/aromatic N) is 3. The van der Waals surface area contributed by atoms with E-state index in [4.69, 9.17) is 9.31 Å². The zero-order valence-corrected chi connectivity index (χ0v) is 21.7. The lowest BCUT2D eigenvalue weighted by molar-refractivity contribution is -0.151. The minimum atomic E-state index is -1.29. The third kappa shape index (κ3) is 6.55. The van der Waals surface area contributed by atoms with Gasteiger partial charge in [0.05, 0.1) is 12.1 Å². The van der Waals surface area contributed by atoms with E-state index in [1.165, 1.54) is 18.6 Å². The normalized spacial score (nSPS) is 21.1. The molecule has 2 N–H and O–H groups in total. The lowest BCUT2D eigenvalue weighted by Gasteiger charge is -2.32. The fourth-order valence-corrected chi connectivity index (χ4v) is 4.82. The Morgan fingerprint density at radius 1 is 1.05 bits per heavy atom. The van der Waals surface area contributed by atoms with Crippen molar-refractivity contribution in [3.63, 3.8) is 0 Å². The third-order valence-electron chi connectivity index (χ3n) is 6.79. The van der Waals surface area contributed by atoms with Crippen LogP contribution < -0.4 is 10.6 Å². The standard InChI is InChI=1S/C26H32BN5O6/c1-16(2)13-22(27-37-25(35)20-9-10-21(32(20)3)26(36)38-27)31-23(33)18(14-17-7-5-4-6-8-17)30-24(34)19-15-28-11-12-29-19/h4-8,11-12,15-16,18,20-22H,9-10,13-14H2,1-3H3,(H,30,34)(H,31,33)/t18?,20-,21-,22+/m1/s1. The van der Waals surface area contributed by atoms with Crippen LogP contribution in [0.25, 0.3) is 0 Å². The van der Waals surface area contributed by atoms with Gasteiger partial charge in [0, 0.05) is 18.8 Å². The van der Waals surface area contributed by atoms with Gasteiger partial charge in [-0.1, -0.05) is 44.2 Å². The number of hydrogen-bond acceptors (Lipinski definition) is 9. The van der Waals surface area contributed by atoms with Gasteiger partial charge in [-0.2, -0.15) is 0 Å². The minimum absolute atomic E-state index is 0.0690. The molecule has 0 aliphatic carbocycles. The highest BCUT2D eigenvalue weighted by Gasteiger charge is 2.49. The number of carbonyl (C=O) groups excluding carboxylic acids is 4. The van der Waals surface area contributed by atoms with Crippen LogP contribution in [0.2, 0.25) is 0 Å². The highest BCUT2D eigenvalue weighted by Crippen LogP contribution is 2.27. The van der Waals surface area contributed by atoms with Crippen LogP contribution in [0.15, 0.2) is 48.9 Å². The van der Waals surface area contributed by atoms with Crippen molar-refractivity contribution in [3.8, 4) is 0 Å². The summed E-state index contributed by atoms with van der Waals surface area (Å²) in [6.07, 6.45) is 5.72. The Bertz CT molecular complexity index is 1130. The van der Waals surface area contributed by atoms with Gasteiger partial charge in [0.15, 0.2) is 0 Å². The van der Waals surface area contributed by atoms with Crippen LogP contribution in [0.3, 0.4) is 0 Å². The first kappa shape index (κ1) is 27.2. The van der Waals surface area contributed by atoms with Gasteiger partial charge >= 0.3 is 19.1 Å². The van der Waals surface area contributed by atoms with Crippen molar-refractivity contribution in [3.05, 3.63) is 60.2 Å². The second kappa shape index (κ2) is 12.2. The molecule has 1 unspecified atom stereocenters. The molecule has 38 heavy (non-hydrogen) atoms. The summed E-state index contributed by atoms with van der Waals surface area (Å²) in [7, 11) is 0.415. The highest BCUT2D eigenvalue weighted by molar-refractivity contribution is 6.51. The Hall–Kier alpha value is -3.80. The van der Waals surface area contributed by atoms with Crippen molar-refractivity contribution < 1.29 is 28.5 Å². The third-order valence-corrected chi connectivity index (χ3v) is 6.79. The average Bonchev–Trinajstić information content (AvgIpc) is 3.31. The van der Waals surface area contributed by atoms with Gasteiger partial charge in [-0.25, -0.2) is 4.98 Å². The monoisotopic (exact) mass is 521 g/mol. The summed E-state index contributed by atoms with van der Waals surface area (Å²) in [5.74, 6) is -2.79. The Morgan fingerprint density at radius 3 is 2.29 bits per heavy atom. The van der Waals surface area contributed by atoms with Crippen molar-refractivity contribution in [2.75, 3.05) is 7.05 Å². The Labute approximate surface area is 221 Å². The number of fused-ring (bicyclic) bond motifs is 2. The lowest BCUT2D eigenvalue weighted by Crippen LogP contribution is -2.59. The summed E-state index contributed by atoms with van der Waals surface area (Å²) < 4.78 is 11.3. The van der Waals surface area contributed by atoms with Crippen LogP contribution in [-0.4, -0.2) is 76.9 Å². The number of amides is 2. The maximum Gasteiger partial charge on any atom is 0.622 e. The summed E-state index contributed by atoms with van der Waals surface area (Å²) in [6.45, 7) is 3.89. The van der Waals surface area contributed by atoms with E-state index in [0.29, 0.717) is 19.3 Å². The average molecular weight is 521 g/mol. The van der Waals surface area contributed by atoms with Crippen molar-refractivity contribution in [1.29, 1.82) is 0 Å². The van der Waals surface area contributed by atoms with E-state index in [1.54, 1.807) is 11.9 Å². The van der Waals surface area contributed by atoms with Gasteiger partial charge in [-0.15, -0.1) is 0 Å². The number of carbonyl (C=O) groups is 4. The Balaban J connectivity index is 1.55. The molecule has 1 aromatic heterocycles. The van der Waals surface area contributed by atoms with Crippen LogP contribution in [-0.2, 0) is 30.1 Å². The van der Waals surface area contributed by atoms with E-state index in [1.807, 2.05) is 44.2 Å². The predicted octanol–water partition coefficient (Wildman–Crippen LogP) is 0.939. The van der Waals surface area contributed by atoms with E-state index in [9.17, 15) is 19.2 Å². The van der Waals surface area contributed by atoms with E-state index < -0.39 is 54.9 Å². The largest absolute Gasteiger partial charge is 0.622 e. The molecule has 12 heteroatoms. The Morgan fingerprint density at radius 2 is 1.71 bits per heavy atom. The number of hydrogen-bond donors (Lipinski definition) is 2. The van der Waals surface area contributed by atoms with E-state index >= 15 is 0 Å². The second-order valence-corrected chi connectivity index (χ2v) is 10.1. The van der Waals surface area contributed by atoms with Crippen molar-refractivity contribution in [2.24, 2.45) is 5.92 Å². The van der Waals surface area contributed by atoms with Crippen LogP contribution in [0.4, 0.5) is 0 Å². The smallest absolute Gasteiger partial charge is 0.497 e. The first-order valence-corrected chi connectivity index (χ1v) is 12.8. The minimum Gasteiger partial charge on any atom is -0.497 e. The first-order chi connectivity index (χ1) is 18.2. The molecular formula is C26H32BN5O6. The number of rotatable bonds is 9. The molecule has 2 saturated heterocycles. The molecular weight excluding hydrogens is 489 g/mol. The molecule has 2 bridgehead atoms. The van der Waals surface area contributed by atoms with Crippen molar-refractivity contribution >= 4 is 30.9 Å². The molecule has 2 aromatic rings. The van der Waals surface area contributed by atoms with Gasteiger partial charge < -0.3 is 19.9 Å². The molecule has 2 aliphatic heterocycles. The Kier molecular flexibility index (Phi) is 8.72. The number of nitrogens with one attached hydrogen (secondary N) is 2. The van der Waals surface area contributed by atoms with Gasteiger partial charge in [0.1, 0.15) is 23.8 Å². The van der Waals surface area contributed by atoms with Gasteiger partial charge in [0.25, 0.3) is 5.91 Å². The van der Waals surface area contributed by atoms with Crippen LogP contribution in [0.5, 0.6) is 0 Å². The summed E-state index contributed by atoms with van der Waals surface area (Å²) in [6, 6.07) is 7.19. The second-order valence-electron chi connectivity index (χ2n) is 10.1. The molecule has 11 nitrogen and oxygen atoms in total. The molecule has 0 saturated carbocycles. The molecule has 2 amide bonds. The maximum absolute atomic E-state index is 13.6. The lowest BCUT2D eigenvalue weighted by atomic mass is 9.73. The summed E-state index contributed by atoms with van der Waals surface area (Å²) in [5, 5.41) is 5.63. The summed E-state index contributed by atoms with van der Waals surface area (Å²) in [5.41, 5.74) is 0.899. The van der Waals surface area contributed by atoms with E-state index in [-0.39, 0.29) is 18.0 Å². The molecule has 4 atom stereocenters. The molecule has 0 radical (unpaired) electrons. The van der Waals surface area contributed by atoms with E-state index in [2.05, 4.69) is 20.6 Å². The molecule has 2 fully saturated rings. The molecule has 2 aliphatic rings. The van der Waals surface area contributed by atoms with E-state index in [0.717, 1.165) is 5.56 Å². The molecule has 4 rings (SSSR count). The quantitative estimate of drug-likeness (QED) is 0.462. The molecule has 200 valence electrons.